The Morgan fingerprint density at radius 1 is 1.09 bits per heavy atom. The monoisotopic (exact) mass is 452 g/mol. The first-order valence-corrected chi connectivity index (χ1v) is 11.0. The number of carbonyl (C=O) groups excluding carboxylic acids is 1. The van der Waals surface area contributed by atoms with Gasteiger partial charge in [0, 0.05) is 37.6 Å². The maximum Gasteiger partial charge on any atom is 0.335 e. The van der Waals surface area contributed by atoms with E-state index in [0.717, 1.165) is 43.1 Å². The molecule has 4 rings (SSSR count). The first-order valence-electron chi connectivity index (χ1n) is 11.0. The van der Waals surface area contributed by atoms with Crippen molar-refractivity contribution in [3.8, 4) is 5.69 Å². The summed E-state index contributed by atoms with van der Waals surface area (Å²) in [5.41, 5.74) is 3.27. The highest BCUT2D eigenvalue weighted by Gasteiger charge is 2.22. The van der Waals surface area contributed by atoms with Crippen molar-refractivity contribution in [1.82, 2.24) is 14.5 Å². The molecule has 9 nitrogen and oxygen atoms in total. The van der Waals surface area contributed by atoms with Crippen molar-refractivity contribution in [3.05, 3.63) is 53.9 Å². The third-order valence-corrected chi connectivity index (χ3v) is 5.78. The van der Waals surface area contributed by atoms with Crippen molar-refractivity contribution in [2.24, 2.45) is 0 Å². The normalized spacial score (nSPS) is 15.5. The van der Waals surface area contributed by atoms with Gasteiger partial charge in [0.15, 0.2) is 0 Å². The standard InChI is InChI=1S/C24H28N4O5/c1-3-33-22(30)15-26-9-11-27(12-10-26)18-5-4-6-19(14-18)28-21-8-7-17(24(31)32)13-20(21)25-23(28)16(2)29/h4-8,13-14,16,29H,3,9-12,15H2,1-2H3,(H,31,32). The second-order valence-electron chi connectivity index (χ2n) is 8.08. The summed E-state index contributed by atoms with van der Waals surface area (Å²) < 4.78 is 6.91. The second-order valence-corrected chi connectivity index (χ2v) is 8.08. The Labute approximate surface area is 191 Å². The van der Waals surface area contributed by atoms with Crippen LogP contribution in [0.4, 0.5) is 5.69 Å². The van der Waals surface area contributed by atoms with Gasteiger partial charge in [0.1, 0.15) is 11.9 Å². The summed E-state index contributed by atoms with van der Waals surface area (Å²) in [6.07, 6.45) is -0.833. The molecule has 1 aromatic heterocycles. The summed E-state index contributed by atoms with van der Waals surface area (Å²) in [7, 11) is 0. The van der Waals surface area contributed by atoms with Gasteiger partial charge in [0.05, 0.1) is 29.7 Å². The molecular formula is C24H28N4O5. The summed E-state index contributed by atoms with van der Waals surface area (Å²) in [4.78, 5) is 32.0. The molecule has 1 aliphatic heterocycles. The van der Waals surface area contributed by atoms with Crippen LogP contribution < -0.4 is 4.90 Å². The molecule has 1 unspecified atom stereocenters. The molecule has 2 aromatic carbocycles. The number of hydrogen-bond acceptors (Lipinski definition) is 7. The molecule has 1 saturated heterocycles. The quantitative estimate of drug-likeness (QED) is 0.527. The van der Waals surface area contributed by atoms with Crippen LogP contribution in [-0.4, -0.2) is 75.9 Å². The zero-order chi connectivity index (χ0) is 23.5. The lowest BCUT2D eigenvalue weighted by Gasteiger charge is -2.35. The number of rotatable bonds is 7. The largest absolute Gasteiger partial charge is 0.478 e. The van der Waals surface area contributed by atoms with E-state index in [0.29, 0.717) is 24.5 Å². The summed E-state index contributed by atoms with van der Waals surface area (Å²) in [5.74, 6) is -0.769. The number of esters is 1. The van der Waals surface area contributed by atoms with Crippen LogP contribution in [0.1, 0.15) is 36.1 Å². The van der Waals surface area contributed by atoms with Gasteiger partial charge in [0.2, 0.25) is 0 Å². The number of fused-ring (bicyclic) bond motifs is 1. The van der Waals surface area contributed by atoms with Crippen molar-refractivity contribution < 1.29 is 24.5 Å². The number of hydrogen-bond donors (Lipinski definition) is 2. The van der Waals surface area contributed by atoms with Gasteiger partial charge in [-0.15, -0.1) is 0 Å². The maximum absolute atomic E-state index is 11.8. The lowest BCUT2D eigenvalue weighted by Crippen LogP contribution is -2.48. The lowest BCUT2D eigenvalue weighted by molar-refractivity contribution is -0.144. The molecule has 2 N–H and O–H groups in total. The Hall–Kier alpha value is -3.43. The summed E-state index contributed by atoms with van der Waals surface area (Å²) in [6, 6.07) is 12.8. The number of nitrogens with zero attached hydrogens (tertiary/aromatic N) is 4. The van der Waals surface area contributed by atoms with Crippen LogP contribution in [0.25, 0.3) is 16.7 Å². The number of aliphatic hydroxyl groups excluding tert-OH is 1. The minimum atomic E-state index is -1.02. The van der Waals surface area contributed by atoms with Gasteiger partial charge in [0.25, 0.3) is 0 Å². The SMILES string of the molecule is CCOC(=O)CN1CCN(c2cccc(-n3c(C(C)O)nc4cc(C(=O)O)ccc43)c2)CC1. The molecule has 0 saturated carbocycles. The number of imidazole rings is 1. The predicted octanol–water partition coefficient (Wildman–Crippen LogP) is 2.46. The Balaban J connectivity index is 1.60. The van der Waals surface area contributed by atoms with Gasteiger partial charge in [-0.05, 0) is 50.2 Å². The maximum atomic E-state index is 11.8. The number of aromatic nitrogens is 2. The molecule has 1 fully saturated rings. The van der Waals surface area contributed by atoms with E-state index in [-0.39, 0.29) is 11.5 Å². The van der Waals surface area contributed by atoms with E-state index in [9.17, 15) is 19.8 Å². The van der Waals surface area contributed by atoms with Crippen molar-refractivity contribution in [1.29, 1.82) is 0 Å². The Morgan fingerprint density at radius 2 is 1.82 bits per heavy atom. The molecule has 0 amide bonds. The Morgan fingerprint density at radius 3 is 2.48 bits per heavy atom. The van der Waals surface area contributed by atoms with Gasteiger partial charge in [-0.3, -0.25) is 14.3 Å². The number of piperazine rings is 1. The minimum Gasteiger partial charge on any atom is -0.478 e. The molecule has 33 heavy (non-hydrogen) atoms. The fourth-order valence-corrected chi connectivity index (χ4v) is 4.17. The van der Waals surface area contributed by atoms with E-state index >= 15 is 0 Å². The van der Waals surface area contributed by atoms with Crippen molar-refractivity contribution in [3.63, 3.8) is 0 Å². The number of ether oxygens (including phenoxy) is 1. The fourth-order valence-electron chi connectivity index (χ4n) is 4.17. The molecule has 9 heteroatoms. The van der Waals surface area contributed by atoms with E-state index in [2.05, 4.69) is 14.8 Å². The molecule has 0 bridgehead atoms. The van der Waals surface area contributed by atoms with E-state index in [1.54, 1.807) is 26.0 Å². The fraction of sp³-hybridized carbons (Fsp3) is 0.375. The molecular weight excluding hydrogens is 424 g/mol. The van der Waals surface area contributed by atoms with Crippen LogP contribution in [0.15, 0.2) is 42.5 Å². The van der Waals surface area contributed by atoms with E-state index in [1.165, 1.54) is 6.07 Å². The first-order chi connectivity index (χ1) is 15.9. The van der Waals surface area contributed by atoms with Crippen molar-refractivity contribution >= 4 is 28.7 Å². The summed E-state index contributed by atoms with van der Waals surface area (Å²) >= 11 is 0. The lowest BCUT2D eigenvalue weighted by atomic mass is 10.2. The minimum absolute atomic E-state index is 0.152. The number of carbonyl (C=O) groups is 2. The third kappa shape index (κ3) is 4.84. The van der Waals surface area contributed by atoms with E-state index in [1.807, 2.05) is 28.8 Å². The summed E-state index contributed by atoms with van der Waals surface area (Å²) in [6.45, 7) is 7.21. The topological polar surface area (TPSA) is 108 Å². The van der Waals surface area contributed by atoms with Crippen LogP contribution in [0.2, 0.25) is 0 Å². The molecule has 0 spiro atoms. The van der Waals surface area contributed by atoms with Crippen LogP contribution in [-0.2, 0) is 9.53 Å². The second kappa shape index (κ2) is 9.60. The predicted molar refractivity (Wildman–Crippen MR) is 124 cm³/mol. The molecule has 1 aliphatic rings. The Bertz CT molecular complexity index is 1160. The summed E-state index contributed by atoms with van der Waals surface area (Å²) in [5, 5.41) is 19.7. The van der Waals surface area contributed by atoms with Gasteiger partial charge in [-0.2, -0.15) is 0 Å². The molecule has 0 aliphatic carbocycles. The van der Waals surface area contributed by atoms with Crippen molar-refractivity contribution in [2.75, 3.05) is 44.2 Å². The van der Waals surface area contributed by atoms with Crippen LogP contribution >= 0.6 is 0 Å². The zero-order valence-corrected chi connectivity index (χ0v) is 18.8. The number of aromatic carboxylic acids is 1. The van der Waals surface area contributed by atoms with Gasteiger partial charge >= 0.3 is 11.9 Å². The molecule has 2 heterocycles. The van der Waals surface area contributed by atoms with Gasteiger partial charge in [-0.25, -0.2) is 9.78 Å². The molecule has 174 valence electrons. The number of anilines is 1. The van der Waals surface area contributed by atoms with Gasteiger partial charge < -0.3 is 19.8 Å². The average Bonchev–Trinajstić information content (AvgIpc) is 3.19. The highest BCUT2D eigenvalue weighted by atomic mass is 16.5. The van der Waals surface area contributed by atoms with Crippen LogP contribution in [0, 0.1) is 0 Å². The van der Waals surface area contributed by atoms with Crippen LogP contribution in [0.5, 0.6) is 0 Å². The molecule has 1 atom stereocenters. The van der Waals surface area contributed by atoms with E-state index < -0.39 is 12.1 Å². The number of carboxylic acids is 1. The van der Waals surface area contributed by atoms with Crippen LogP contribution in [0.3, 0.4) is 0 Å². The Kier molecular flexibility index (Phi) is 6.62. The highest BCUT2D eigenvalue weighted by molar-refractivity contribution is 5.93. The number of benzene rings is 2. The highest BCUT2D eigenvalue weighted by Crippen LogP contribution is 2.28. The smallest absolute Gasteiger partial charge is 0.335 e. The molecule has 0 radical (unpaired) electrons. The first kappa shape index (κ1) is 22.8. The van der Waals surface area contributed by atoms with Crippen molar-refractivity contribution in [2.45, 2.75) is 20.0 Å². The number of carboxylic acid groups (broad SMARTS) is 1. The average molecular weight is 453 g/mol. The third-order valence-electron chi connectivity index (χ3n) is 5.78. The zero-order valence-electron chi connectivity index (χ0n) is 18.8. The molecule has 3 aromatic rings. The van der Waals surface area contributed by atoms with E-state index in [4.69, 9.17) is 4.74 Å². The number of aliphatic hydroxyl groups is 1. The van der Waals surface area contributed by atoms with Gasteiger partial charge in [-0.1, -0.05) is 6.07 Å².